The third-order valence-electron chi connectivity index (χ3n) is 3.82. The number of carbonyl (C=O) groups is 1. The lowest BCUT2D eigenvalue weighted by Gasteiger charge is -2.02. The lowest BCUT2D eigenvalue weighted by Crippen LogP contribution is -2.16. The zero-order chi connectivity index (χ0) is 23.0. The van der Waals surface area contributed by atoms with Crippen molar-refractivity contribution in [1.29, 1.82) is 0 Å². The van der Waals surface area contributed by atoms with Crippen molar-refractivity contribution in [3.8, 4) is 0 Å². The van der Waals surface area contributed by atoms with Gasteiger partial charge in [0.05, 0.1) is 12.0 Å². The molecule has 10 nitrogen and oxygen atoms in total. The van der Waals surface area contributed by atoms with E-state index in [0.717, 1.165) is 32.3 Å². The van der Waals surface area contributed by atoms with Gasteiger partial charge >= 0.3 is 0 Å². The van der Waals surface area contributed by atoms with Crippen molar-refractivity contribution >= 4 is 81.0 Å². The minimum atomic E-state index is -0.251. The van der Waals surface area contributed by atoms with Crippen LogP contribution in [0.5, 0.6) is 0 Å². The maximum Gasteiger partial charge on any atom is 0.264 e. The number of thiophene rings is 1. The highest BCUT2D eigenvalue weighted by atomic mass is 35.5. The molecule has 4 rings (SSSR count). The Hall–Kier alpha value is -2.65. The number of rotatable bonds is 10. The number of thioether (sulfide) groups is 2. The summed E-state index contributed by atoms with van der Waals surface area (Å²) in [5.41, 5.74) is 3.85. The van der Waals surface area contributed by atoms with Crippen LogP contribution in [0.25, 0.3) is 0 Å². The summed E-state index contributed by atoms with van der Waals surface area (Å²) < 4.78 is 1.99. The molecule has 1 amide bonds. The normalized spacial score (nSPS) is 11.2. The number of hydrogen-bond acceptors (Lipinski definition) is 12. The highest BCUT2D eigenvalue weighted by molar-refractivity contribution is 8.00. The fraction of sp³-hybridized carbons (Fsp3) is 0.111. The van der Waals surface area contributed by atoms with Crippen LogP contribution in [0, 0.1) is 0 Å². The highest BCUT2D eigenvalue weighted by Crippen LogP contribution is 2.29. The number of amides is 1. The number of hydrazone groups is 1. The molecule has 33 heavy (non-hydrogen) atoms. The summed E-state index contributed by atoms with van der Waals surface area (Å²) >= 11 is 11.4. The molecule has 0 fully saturated rings. The fourth-order valence-corrected chi connectivity index (χ4v) is 5.39. The molecule has 0 aliphatic heterocycles. The number of nitrogen functional groups attached to an aromatic ring is 1. The van der Waals surface area contributed by atoms with E-state index in [4.69, 9.17) is 17.4 Å². The topological polar surface area (TPSA) is 136 Å². The van der Waals surface area contributed by atoms with Crippen LogP contribution in [-0.2, 0) is 10.5 Å². The molecule has 15 heteroatoms. The van der Waals surface area contributed by atoms with Crippen molar-refractivity contribution in [3.05, 3.63) is 57.2 Å². The van der Waals surface area contributed by atoms with Crippen molar-refractivity contribution in [2.24, 2.45) is 5.10 Å². The van der Waals surface area contributed by atoms with Gasteiger partial charge in [-0.25, -0.2) is 10.1 Å². The van der Waals surface area contributed by atoms with Gasteiger partial charge in [0.2, 0.25) is 16.2 Å². The zero-order valence-corrected chi connectivity index (χ0v) is 20.7. The van der Waals surface area contributed by atoms with E-state index >= 15 is 0 Å². The molecule has 0 saturated carbocycles. The molecular formula is C18H16ClN9OS4. The van der Waals surface area contributed by atoms with E-state index in [2.05, 4.69) is 36.2 Å². The molecule has 0 aliphatic carbocycles. The molecule has 0 aliphatic rings. The van der Waals surface area contributed by atoms with Gasteiger partial charge in [0.25, 0.3) is 5.95 Å². The summed E-state index contributed by atoms with van der Waals surface area (Å²) in [4.78, 5) is 13.3. The Bertz CT molecular complexity index is 1220. The molecule has 0 unspecified atom stereocenters. The molecule has 4 aromatic rings. The van der Waals surface area contributed by atoms with Gasteiger partial charge in [-0.3, -0.25) is 10.1 Å². The number of hydrogen-bond donors (Lipinski definition) is 3. The van der Waals surface area contributed by atoms with Crippen LogP contribution in [0.3, 0.4) is 0 Å². The van der Waals surface area contributed by atoms with Crippen LogP contribution < -0.4 is 16.6 Å². The molecule has 0 saturated heterocycles. The van der Waals surface area contributed by atoms with E-state index in [1.54, 1.807) is 17.6 Å². The number of benzene rings is 1. The average molecular weight is 538 g/mol. The van der Waals surface area contributed by atoms with Crippen molar-refractivity contribution in [2.75, 3.05) is 22.3 Å². The summed E-state index contributed by atoms with van der Waals surface area (Å²) in [5.74, 6) is 6.80. The first-order valence-electron chi connectivity index (χ1n) is 9.23. The second-order valence-corrected chi connectivity index (χ2v) is 10.7. The first-order valence-corrected chi connectivity index (χ1v) is 13.3. The van der Waals surface area contributed by atoms with Crippen LogP contribution in [0.2, 0.25) is 5.02 Å². The van der Waals surface area contributed by atoms with Gasteiger partial charge in [0.1, 0.15) is 0 Å². The van der Waals surface area contributed by atoms with Gasteiger partial charge in [-0.15, -0.1) is 31.7 Å². The summed E-state index contributed by atoms with van der Waals surface area (Å²) in [5, 5.41) is 26.3. The quantitative estimate of drug-likeness (QED) is 0.0900. The minimum Gasteiger partial charge on any atom is -0.334 e. The number of carbonyl (C=O) groups excluding carboxylic acids is 1. The Labute approximate surface area is 210 Å². The zero-order valence-electron chi connectivity index (χ0n) is 16.7. The lowest BCUT2D eigenvalue weighted by atomic mass is 10.2. The first-order chi connectivity index (χ1) is 16.1. The Kier molecular flexibility index (Phi) is 8.17. The molecule has 0 atom stereocenters. The number of halogens is 1. The van der Waals surface area contributed by atoms with E-state index < -0.39 is 0 Å². The van der Waals surface area contributed by atoms with Crippen molar-refractivity contribution < 1.29 is 4.79 Å². The van der Waals surface area contributed by atoms with Crippen LogP contribution in [-0.4, -0.2) is 42.9 Å². The van der Waals surface area contributed by atoms with E-state index in [9.17, 15) is 4.79 Å². The lowest BCUT2D eigenvalue weighted by molar-refractivity contribution is -0.113. The predicted molar refractivity (Wildman–Crippen MR) is 136 cm³/mol. The molecule has 0 radical (unpaired) electrons. The van der Waals surface area contributed by atoms with Gasteiger partial charge < -0.3 is 5.84 Å². The average Bonchev–Trinajstić information content (AvgIpc) is 3.55. The van der Waals surface area contributed by atoms with E-state index in [-0.39, 0.29) is 17.6 Å². The van der Waals surface area contributed by atoms with Crippen LogP contribution in [0.1, 0.15) is 10.4 Å². The SMILES string of the molecule is Nn1c(N/N=C/c2cccs2)nnc1SCC(=O)Nc1nnc(SCc2ccc(Cl)cc2)s1. The van der Waals surface area contributed by atoms with E-state index in [1.165, 1.54) is 27.8 Å². The maximum absolute atomic E-state index is 12.3. The molecule has 3 heterocycles. The Morgan fingerprint density at radius 3 is 2.82 bits per heavy atom. The summed E-state index contributed by atoms with van der Waals surface area (Å²) in [6.07, 6.45) is 1.66. The van der Waals surface area contributed by atoms with E-state index in [1.807, 2.05) is 41.8 Å². The van der Waals surface area contributed by atoms with Crippen molar-refractivity contribution in [2.45, 2.75) is 15.2 Å². The second kappa shape index (κ2) is 11.5. The Balaban J connectivity index is 1.22. The number of nitrogens with one attached hydrogen (secondary N) is 2. The monoisotopic (exact) mass is 537 g/mol. The number of nitrogens with zero attached hydrogens (tertiary/aromatic N) is 6. The summed E-state index contributed by atoms with van der Waals surface area (Å²) in [6, 6.07) is 11.5. The van der Waals surface area contributed by atoms with Crippen LogP contribution in [0.4, 0.5) is 11.1 Å². The highest BCUT2D eigenvalue weighted by Gasteiger charge is 2.14. The fourth-order valence-electron chi connectivity index (χ4n) is 2.30. The molecule has 1 aromatic carbocycles. The van der Waals surface area contributed by atoms with Gasteiger partial charge in [-0.1, -0.05) is 64.7 Å². The molecular weight excluding hydrogens is 522 g/mol. The van der Waals surface area contributed by atoms with Crippen molar-refractivity contribution in [3.63, 3.8) is 0 Å². The summed E-state index contributed by atoms with van der Waals surface area (Å²) in [7, 11) is 0. The molecule has 170 valence electrons. The Morgan fingerprint density at radius 2 is 2.03 bits per heavy atom. The number of aromatic nitrogens is 5. The van der Waals surface area contributed by atoms with Crippen LogP contribution in [0.15, 0.2) is 56.4 Å². The third-order valence-corrected chi connectivity index (χ3v) is 7.87. The van der Waals surface area contributed by atoms with Crippen molar-refractivity contribution in [1.82, 2.24) is 25.1 Å². The first kappa shape index (κ1) is 23.5. The smallest absolute Gasteiger partial charge is 0.264 e. The number of anilines is 2. The molecule has 0 spiro atoms. The molecule has 0 bridgehead atoms. The molecule has 3 aromatic heterocycles. The van der Waals surface area contributed by atoms with Gasteiger partial charge in [0.15, 0.2) is 4.34 Å². The summed E-state index contributed by atoms with van der Waals surface area (Å²) in [6.45, 7) is 0. The maximum atomic E-state index is 12.3. The largest absolute Gasteiger partial charge is 0.334 e. The molecule has 4 N–H and O–H groups in total. The third kappa shape index (κ3) is 6.91. The number of nitrogens with two attached hydrogens (primary N) is 1. The Morgan fingerprint density at radius 1 is 1.18 bits per heavy atom. The standard InChI is InChI=1S/C18H16ClN9OS4/c19-12-5-3-11(4-6-12)9-32-18-27-25-16(33-18)22-14(29)10-31-17-26-24-15(28(17)20)23-21-8-13-2-1-7-30-13/h1-8H,9-10,20H2,(H,23,24)(H,22,25,29)/b21-8+. The van der Waals surface area contributed by atoms with Gasteiger partial charge in [-0.05, 0) is 29.1 Å². The second-order valence-electron chi connectivity index (χ2n) is 6.19. The van der Waals surface area contributed by atoms with Gasteiger partial charge in [-0.2, -0.15) is 5.10 Å². The minimum absolute atomic E-state index is 0.0840. The van der Waals surface area contributed by atoms with Gasteiger partial charge in [0, 0.05) is 15.7 Å². The van der Waals surface area contributed by atoms with E-state index in [0.29, 0.717) is 15.3 Å². The van der Waals surface area contributed by atoms with Crippen LogP contribution >= 0.6 is 57.8 Å². The predicted octanol–water partition coefficient (Wildman–Crippen LogP) is 4.03.